The number of ether oxygens (including phenoxy) is 1. The van der Waals surface area contributed by atoms with Crippen LogP contribution in [-0.2, 0) is 0 Å². The van der Waals surface area contributed by atoms with E-state index in [-0.39, 0.29) is 11.9 Å². The van der Waals surface area contributed by atoms with Gasteiger partial charge in [-0.3, -0.25) is 4.79 Å². The van der Waals surface area contributed by atoms with Crippen LogP contribution < -0.4 is 15.4 Å². The second-order valence-electron chi connectivity index (χ2n) is 6.11. The van der Waals surface area contributed by atoms with Crippen LogP contribution in [0.15, 0.2) is 24.3 Å². The lowest BCUT2D eigenvalue weighted by molar-refractivity contribution is 0.0932. The highest BCUT2D eigenvalue weighted by Gasteiger charge is 2.19. The number of anilines is 2. The molecule has 1 aromatic heterocycles. The number of methoxy groups -OCH3 is 1. The van der Waals surface area contributed by atoms with Crippen LogP contribution in [0.1, 0.15) is 42.0 Å². The molecule has 7 heteroatoms. The Bertz CT molecular complexity index is 776. The molecule has 1 aliphatic carbocycles. The fraction of sp³-hybridized carbons (Fsp3) is 0.389. The minimum atomic E-state index is -0.159. The maximum absolute atomic E-state index is 12.4. The van der Waals surface area contributed by atoms with E-state index in [0.29, 0.717) is 28.1 Å². The van der Waals surface area contributed by atoms with Gasteiger partial charge in [0.05, 0.1) is 12.1 Å². The molecule has 1 saturated carbocycles. The Balaban J connectivity index is 1.76. The number of hydrogen-bond donors (Lipinski definition) is 2. The van der Waals surface area contributed by atoms with E-state index < -0.39 is 0 Å². The van der Waals surface area contributed by atoms with Crippen molar-refractivity contribution in [3.8, 4) is 5.75 Å². The maximum Gasteiger partial charge on any atom is 0.270 e. The SMILES string of the molecule is COc1ccc(Nc2cc(C(=O)NC3CCCC3)nc(C)n2)cc1Cl. The van der Waals surface area contributed by atoms with Crippen molar-refractivity contribution in [2.45, 2.75) is 38.6 Å². The predicted molar refractivity (Wildman–Crippen MR) is 97.8 cm³/mol. The van der Waals surface area contributed by atoms with E-state index in [2.05, 4.69) is 20.6 Å². The van der Waals surface area contributed by atoms with Crippen molar-refractivity contribution < 1.29 is 9.53 Å². The van der Waals surface area contributed by atoms with Crippen LogP contribution in [-0.4, -0.2) is 29.0 Å². The van der Waals surface area contributed by atoms with E-state index in [1.807, 2.05) is 6.07 Å². The van der Waals surface area contributed by atoms with Crippen molar-refractivity contribution in [2.24, 2.45) is 0 Å². The number of nitrogens with one attached hydrogen (secondary N) is 2. The van der Waals surface area contributed by atoms with Gasteiger partial charge in [-0.2, -0.15) is 0 Å². The van der Waals surface area contributed by atoms with E-state index in [1.54, 1.807) is 32.2 Å². The monoisotopic (exact) mass is 360 g/mol. The lowest BCUT2D eigenvalue weighted by Gasteiger charge is -2.13. The Morgan fingerprint density at radius 2 is 2.00 bits per heavy atom. The van der Waals surface area contributed by atoms with Gasteiger partial charge in [0, 0.05) is 17.8 Å². The van der Waals surface area contributed by atoms with Crippen LogP contribution >= 0.6 is 11.6 Å². The minimum Gasteiger partial charge on any atom is -0.495 e. The third-order valence-electron chi connectivity index (χ3n) is 4.19. The molecule has 1 aliphatic rings. The summed E-state index contributed by atoms with van der Waals surface area (Å²) >= 11 is 6.14. The third-order valence-corrected chi connectivity index (χ3v) is 4.48. The minimum absolute atomic E-state index is 0.159. The molecule has 1 heterocycles. The zero-order valence-corrected chi connectivity index (χ0v) is 15.1. The Morgan fingerprint density at radius 1 is 1.24 bits per heavy atom. The van der Waals surface area contributed by atoms with E-state index in [9.17, 15) is 4.79 Å². The van der Waals surface area contributed by atoms with Gasteiger partial charge in [0.1, 0.15) is 23.1 Å². The molecule has 2 aromatic rings. The van der Waals surface area contributed by atoms with Crippen molar-refractivity contribution in [1.82, 2.24) is 15.3 Å². The summed E-state index contributed by atoms with van der Waals surface area (Å²) in [7, 11) is 1.57. The first-order valence-corrected chi connectivity index (χ1v) is 8.70. The molecule has 1 fully saturated rings. The Hall–Kier alpha value is -2.34. The van der Waals surface area contributed by atoms with Gasteiger partial charge in [0.2, 0.25) is 0 Å². The van der Waals surface area contributed by atoms with Crippen LogP contribution in [0, 0.1) is 6.92 Å². The van der Waals surface area contributed by atoms with E-state index in [1.165, 1.54) is 12.8 Å². The summed E-state index contributed by atoms with van der Waals surface area (Å²) in [5.41, 5.74) is 1.12. The Labute approximate surface area is 152 Å². The van der Waals surface area contributed by atoms with Crippen LogP contribution in [0.25, 0.3) is 0 Å². The highest BCUT2D eigenvalue weighted by Crippen LogP contribution is 2.28. The van der Waals surface area contributed by atoms with Crippen LogP contribution in [0.5, 0.6) is 5.75 Å². The molecule has 0 bridgehead atoms. The summed E-state index contributed by atoms with van der Waals surface area (Å²) in [6, 6.07) is 7.25. The quantitative estimate of drug-likeness (QED) is 0.846. The molecule has 132 valence electrons. The van der Waals surface area contributed by atoms with E-state index in [4.69, 9.17) is 16.3 Å². The second-order valence-corrected chi connectivity index (χ2v) is 6.52. The van der Waals surface area contributed by atoms with Gasteiger partial charge < -0.3 is 15.4 Å². The molecule has 1 amide bonds. The molecule has 1 aromatic carbocycles. The van der Waals surface area contributed by atoms with Crippen molar-refractivity contribution in [2.75, 3.05) is 12.4 Å². The molecule has 3 rings (SSSR count). The van der Waals surface area contributed by atoms with Gasteiger partial charge in [-0.15, -0.1) is 0 Å². The maximum atomic E-state index is 12.4. The summed E-state index contributed by atoms with van der Waals surface area (Å²) in [6.45, 7) is 1.76. The Morgan fingerprint density at radius 3 is 2.68 bits per heavy atom. The van der Waals surface area contributed by atoms with Crippen molar-refractivity contribution >= 4 is 29.0 Å². The highest BCUT2D eigenvalue weighted by atomic mass is 35.5. The largest absolute Gasteiger partial charge is 0.495 e. The zero-order chi connectivity index (χ0) is 17.8. The number of rotatable bonds is 5. The molecular weight excluding hydrogens is 340 g/mol. The fourth-order valence-corrected chi connectivity index (χ4v) is 3.23. The third kappa shape index (κ3) is 4.39. The first-order valence-electron chi connectivity index (χ1n) is 8.32. The molecule has 6 nitrogen and oxygen atoms in total. The molecule has 0 unspecified atom stereocenters. The standard InChI is InChI=1S/C18H21ClN4O2/c1-11-20-15(18(24)23-12-5-3-4-6-12)10-17(21-11)22-13-7-8-16(25-2)14(19)9-13/h7-10,12H,3-6H2,1-2H3,(H,23,24)(H,20,21,22). The predicted octanol–water partition coefficient (Wildman–Crippen LogP) is 3.86. The van der Waals surface area contributed by atoms with Crippen molar-refractivity contribution in [1.29, 1.82) is 0 Å². The van der Waals surface area contributed by atoms with Crippen molar-refractivity contribution in [3.05, 3.63) is 40.8 Å². The molecule has 0 saturated heterocycles. The van der Waals surface area contributed by atoms with Crippen LogP contribution in [0.4, 0.5) is 11.5 Å². The summed E-state index contributed by atoms with van der Waals surface area (Å²) in [5, 5.41) is 6.70. The zero-order valence-electron chi connectivity index (χ0n) is 14.3. The number of carbonyl (C=O) groups excluding carboxylic acids is 1. The van der Waals surface area contributed by atoms with Gasteiger partial charge in [0.15, 0.2) is 0 Å². The number of hydrogen-bond acceptors (Lipinski definition) is 5. The molecule has 0 radical (unpaired) electrons. The molecule has 0 atom stereocenters. The first-order chi connectivity index (χ1) is 12.0. The topological polar surface area (TPSA) is 76.1 Å². The summed E-state index contributed by atoms with van der Waals surface area (Å²) in [6.07, 6.45) is 4.40. The van der Waals surface area contributed by atoms with Crippen LogP contribution in [0.3, 0.4) is 0 Å². The lowest BCUT2D eigenvalue weighted by atomic mass is 10.2. The summed E-state index contributed by atoms with van der Waals surface area (Å²) in [5.74, 6) is 1.52. The van der Waals surface area contributed by atoms with Crippen molar-refractivity contribution in [3.63, 3.8) is 0 Å². The molecule has 0 spiro atoms. The molecule has 25 heavy (non-hydrogen) atoms. The molecule has 0 aliphatic heterocycles. The number of aromatic nitrogens is 2. The number of benzene rings is 1. The van der Waals surface area contributed by atoms with Gasteiger partial charge >= 0.3 is 0 Å². The smallest absolute Gasteiger partial charge is 0.270 e. The fourth-order valence-electron chi connectivity index (χ4n) is 2.97. The lowest BCUT2D eigenvalue weighted by Crippen LogP contribution is -2.33. The number of aryl methyl sites for hydroxylation is 1. The van der Waals surface area contributed by atoms with Gasteiger partial charge in [-0.05, 0) is 38.0 Å². The number of halogens is 1. The normalized spacial score (nSPS) is 14.4. The highest BCUT2D eigenvalue weighted by molar-refractivity contribution is 6.32. The van der Waals surface area contributed by atoms with E-state index in [0.717, 1.165) is 18.5 Å². The van der Waals surface area contributed by atoms with Gasteiger partial charge in [-0.25, -0.2) is 9.97 Å². The number of carbonyl (C=O) groups is 1. The summed E-state index contributed by atoms with van der Waals surface area (Å²) in [4.78, 5) is 21.0. The molecule has 2 N–H and O–H groups in total. The van der Waals surface area contributed by atoms with E-state index >= 15 is 0 Å². The van der Waals surface area contributed by atoms with Gasteiger partial charge in [-0.1, -0.05) is 24.4 Å². The van der Waals surface area contributed by atoms with Crippen LogP contribution in [0.2, 0.25) is 5.02 Å². The average molecular weight is 361 g/mol. The van der Waals surface area contributed by atoms with Gasteiger partial charge in [0.25, 0.3) is 5.91 Å². The first kappa shape index (κ1) is 17.5. The molecular formula is C18H21ClN4O2. The summed E-state index contributed by atoms with van der Waals surface area (Å²) < 4.78 is 5.14. The number of amides is 1. The Kier molecular flexibility index (Phi) is 5.38. The average Bonchev–Trinajstić information content (AvgIpc) is 3.07. The number of nitrogens with zero attached hydrogens (tertiary/aromatic N) is 2. The second kappa shape index (κ2) is 7.70.